The normalized spacial score (nSPS) is 15.4. The van der Waals surface area contributed by atoms with E-state index >= 15 is 0 Å². The molecule has 0 aliphatic heterocycles. The maximum Gasteiger partial charge on any atom is 0.167 e. The molecule has 0 bridgehead atoms. The number of Topliss-reactive ketones (excluding diaryl/α,β-unsaturated/α-hetero) is 1. The first kappa shape index (κ1) is 6.06. The molecule has 46 valence electrons. The predicted octanol–water partition coefficient (Wildman–Crippen LogP) is 1.62. The molecule has 0 saturated carbocycles. The summed E-state index contributed by atoms with van der Waals surface area (Å²) >= 11 is 0. The minimum atomic E-state index is 0.0854. The van der Waals surface area contributed by atoms with E-state index in [2.05, 4.69) is 5.73 Å². The summed E-state index contributed by atoms with van der Waals surface area (Å²) in [7, 11) is 0. The Morgan fingerprint density at radius 3 is 2.89 bits per heavy atom. The summed E-state index contributed by atoms with van der Waals surface area (Å²) < 4.78 is 0. The molecule has 1 rings (SSSR count). The third-order valence-corrected chi connectivity index (χ3v) is 1.18. The van der Waals surface area contributed by atoms with E-state index in [1.807, 2.05) is 18.2 Å². The van der Waals surface area contributed by atoms with Crippen LogP contribution in [0.4, 0.5) is 0 Å². The van der Waals surface area contributed by atoms with Crippen LogP contribution in [-0.4, -0.2) is 5.78 Å². The molecule has 0 aromatic rings. The molecule has 0 spiro atoms. The third-order valence-electron chi connectivity index (χ3n) is 1.18. The molecule has 0 atom stereocenters. The second-order valence-electron chi connectivity index (χ2n) is 1.96. The Morgan fingerprint density at radius 2 is 2.56 bits per heavy atom. The van der Waals surface area contributed by atoms with Crippen molar-refractivity contribution >= 4 is 5.78 Å². The first-order valence-electron chi connectivity index (χ1n) is 2.93. The summed E-state index contributed by atoms with van der Waals surface area (Å²) in [5.41, 5.74) is 3.56. The standard InChI is InChI=1S/C8H8O/c1-7(9)8-5-3-2-4-6-8/h3-5H,2H2,1H3. The quantitative estimate of drug-likeness (QED) is 0.480. The van der Waals surface area contributed by atoms with Crippen molar-refractivity contribution in [2.24, 2.45) is 0 Å². The lowest BCUT2D eigenvalue weighted by molar-refractivity contribution is -0.113. The van der Waals surface area contributed by atoms with Crippen molar-refractivity contribution in [3.05, 3.63) is 29.5 Å². The van der Waals surface area contributed by atoms with Gasteiger partial charge in [-0.2, -0.15) is 0 Å². The molecule has 0 amide bonds. The van der Waals surface area contributed by atoms with Crippen molar-refractivity contribution < 1.29 is 4.79 Å². The number of hydrogen-bond acceptors (Lipinski definition) is 1. The van der Waals surface area contributed by atoms with Crippen molar-refractivity contribution in [2.45, 2.75) is 13.3 Å². The first-order valence-corrected chi connectivity index (χ1v) is 2.93. The van der Waals surface area contributed by atoms with Crippen LogP contribution in [0, 0.1) is 0 Å². The lowest BCUT2D eigenvalue weighted by Gasteiger charge is -1.93. The highest BCUT2D eigenvalue weighted by Crippen LogP contribution is 2.02. The monoisotopic (exact) mass is 120 g/mol. The highest BCUT2D eigenvalue weighted by Gasteiger charge is 1.97. The molecule has 1 aliphatic carbocycles. The van der Waals surface area contributed by atoms with Gasteiger partial charge in [-0.25, -0.2) is 0 Å². The van der Waals surface area contributed by atoms with Gasteiger partial charge >= 0.3 is 0 Å². The zero-order chi connectivity index (χ0) is 6.69. The molecule has 0 unspecified atom stereocenters. The second-order valence-corrected chi connectivity index (χ2v) is 1.96. The molecule has 0 radical (unpaired) electrons. The van der Waals surface area contributed by atoms with Gasteiger partial charge in [0, 0.05) is 0 Å². The number of rotatable bonds is 1. The molecular formula is C8H8O. The van der Waals surface area contributed by atoms with Crippen molar-refractivity contribution in [3.63, 3.8) is 0 Å². The number of ketones is 1. The van der Waals surface area contributed by atoms with Crippen LogP contribution < -0.4 is 0 Å². The summed E-state index contributed by atoms with van der Waals surface area (Å²) in [6.45, 7) is 1.55. The molecule has 1 heteroatoms. The molecule has 0 heterocycles. The molecule has 0 aromatic carbocycles. The Bertz CT molecular complexity index is 215. The summed E-state index contributed by atoms with van der Waals surface area (Å²) in [5, 5.41) is 0. The van der Waals surface area contributed by atoms with E-state index in [1.54, 1.807) is 6.92 Å². The Balaban J connectivity index is 2.92. The van der Waals surface area contributed by atoms with E-state index < -0.39 is 0 Å². The van der Waals surface area contributed by atoms with Crippen LogP contribution in [0.25, 0.3) is 0 Å². The van der Waals surface area contributed by atoms with E-state index in [9.17, 15) is 4.79 Å². The van der Waals surface area contributed by atoms with Crippen molar-refractivity contribution in [1.29, 1.82) is 0 Å². The van der Waals surface area contributed by atoms with Gasteiger partial charge in [-0.15, -0.1) is 5.73 Å². The third kappa shape index (κ3) is 1.41. The molecule has 9 heavy (non-hydrogen) atoms. The van der Waals surface area contributed by atoms with Crippen LogP contribution in [0.5, 0.6) is 0 Å². The van der Waals surface area contributed by atoms with Crippen LogP contribution in [0.3, 0.4) is 0 Å². The molecule has 1 aliphatic rings. The number of carbonyl (C=O) groups is 1. The first-order chi connectivity index (χ1) is 4.30. The van der Waals surface area contributed by atoms with Crippen molar-refractivity contribution in [3.8, 4) is 0 Å². The van der Waals surface area contributed by atoms with Gasteiger partial charge in [0.15, 0.2) is 5.78 Å². The Kier molecular flexibility index (Phi) is 1.66. The van der Waals surface area contributed by atoms with Crippen LogP contribution in [0.2, 0.25) is 0 Å². The van der Waals surface area contributed by atoms with Gasteiger partial charge in [-0.05, 0) is 25.5 Å². The van der Waals surface area contributed by atoms with Crippen LogP contribution in [-0.2, 0) is 4.79 Å². The second kappa shape index (κ2) is 2.47. The fourth-order valence-electron chi connectivity index (χ4n) is 0.690. The van der Waals surface area contributed by atoms with Gasteiger partial charge in [0.05, 0.1) is 5.57 Å². The minimum Gasteiger partial charge on any atom is -0.294 e. The number of carbonyl (C=O) groups excluding carboxylic acids is 1. The maximum atomic E-state index is 10.6. The zero-order valence-corrected chi connectivity index (χ0v) is 5.35. The van der Waals surface area contributed by atoms with Crippen LogP contribution >= 0.6 is 0 Å². The summed E-state index contributed by atoms with van der Waals surface area (Å²) in [6, 6.07) is 0. The molecular weight excluding hydrogens is 112 g/mol. The van der Waals surface area contributed by atoms with Gasteiger partial charge < -0.3 is 0 Å². The molecule has 0 N–H and O–H groups in total. The van der Waals surface area contributed by atoms with E-state index in [4.69, 9.17) is 0 Å². The van der Waals surface area contributed by atoms with Gasteiger partial charge in [-0.3, -0.25) is 4.79 Å². The number of allylic oxidation sites excluding steroid dienone is 3. The summed E-state index contributed by atoms with van der Waals surface area (Å²) in [6.07, 6.45) is 6.52. The van der Waals surface area contributed by atoms with Crippen LogP contribution in [0.15, 0.2) is 29.5 Å². The Morgan fingerprint density at radius 1 is 1.78 bits per heavy atom. The highest BCUT2D eigenvalue weighted by atomic mass is 16.1. The number of hydrogen-bond donors (Lipinski definition) is 0. The summed E-state index contributed by atoms with van der Waals surface area (Å²) in [5.74, 6) is 0.0854. The van der Waals surface area contributed by atoms with Crippen molar-refractivity contribution in [2.75, 3.05) is 0 Å². The smallest absolute Gasteiger partial charge is 0.167 e. The SMILES string of the molecule is CC(=O)C1=C=CCC=C1. The average molecular weight is 120 g/mol. The van der Waals surface area contributed by atoms with E-state index in [-0.39, 0.29) is 5.78 Å². The van der Waals surface area contributed by atoms with Gasteiger partial charge in [-0.1, -0.05) is 6.08 Å². The van der Waals surface area contributed by atoms with Gasteiger partial charge in [0.2, 0.25) is 0 Å². The average Bonchev–Trinajstić information content (AvgIpc) is 1.90. The lowest BCUT2D eigenvalue weighted by Crippen LogP contribution is -1.92. The largest absolute Gasteiger partial charge is 0.294 e. The summed E-state index contributed by atoms with van der Waals surface area (Å²) in [4.78, 5) is 10.6. The fraction of sp³-hybridized carbons (Fsp3) is 0.250. The van der Waals surface area contributed by atoms with E-state index in [0.717, 1.165) is 6.42 Å². The molecule has 0 fully saturated rings. The zero-order valence-electron chi connectivity index (χ0n) is 5.35. The minimum absolute atomic E-state index is 0.0854. The van der Waals surface area contributed by atoms with Gasteiger partial charge in [0.1, 0.15) is 0 Å². The van der Waals surface area contributed by atoms with E-state index in [0.29, 0.717) is 5.57 Å². The predicted molar refractivity (Wildman–Crippen MR) is 36.0 cm³/mol. The molecule has 0 aromatic heterocycles. The Hall–Kier alpha value is -1.07. The van der Waals surface area contributed by atoms with Crippen molar-refractivity contribution in [1.82, 2.24) is 0 Å². The fourth-order valence-corrected chi connectivity index (χ4v) is 0.690. The molecule has 0 saturated heterocycles. The lowest BCUT2D eigenvalue weighted by atomic mass is 10.1. The topological polar surface area (TPSA) is 17.1 Å². The Labute approximate surface area is 54.4 Å². The highest BCUT2D eigenvalue weighted by molar-refractivity contribution is 5.95. The van der Waals surface area contributed by atoms with Gasteiger partial charge in [0.25, 0.3) is 0 Å². The molecule has 1 nitrogen and oxygen atoms in total. The van der Waals surface area contributed by atoms with E-state index in [1.165, 1.54) is 0 Å². The maximum absolute atomic E-state index is 10.6. The van der Waals surface area contributed by atoms with Crippen LogP contribution in [0.1, 0.15) is 13.3 Å².